The van der Waals surface area contributed by atoms with Crippen molar-refractivity contribution in [1.29, 1.82) is 0 Å². The molecule has 0 aromatic heterocycles. The standard InChI is InChI=1S/C28H36N2O4/c1-4-18(2)29-28(33)30-17-19(3)34-26-16-24(13-14-25(26)30)23-11-9-22(10-12-23)21-7-5-20(6-8-21)15-27(31)32/h9-14,16,18-21H,4-8,15,17H2,1-3H3,(H,29,33)(H,31,32)/t18?,19?,20-,21-. The van der Waals surface area contributed by atoms with Crippen molar-refractivity contribution in [3.05, 3.63) is 48.0 Å². The van der Waals surface area contributed by atoms with Crippen molar-refractivity contribution in [2.24, 2.45) is 5.92 Å². The van der Waals surface area contributed by atoms with Gasteiger partial charge in [0.15, 0.2) is 0 Å². The summed E-state index contributed by atoms with van der Waals surface area (Å²) < 4.78 is 6.10. The van der Waals surface area contributed by atoms with Gasteiger partial charge in [0, 0.05) is 12.5 Å². The van der Waals surface area contributed by atoms with Crippen LogP contribution in [0.4, 0.5) is 10.5 Å². The zero-order valence-corrected chi connectivity index (χ0v) is 20.4. The van der Waals surface area contributed by atoms with Gasteiger partial charge in [0.1, 0.15) is 11.9 Å². The molecule has 0 saturated heterocycles. The number of aliphatic carboxylic acids is 1. The molecule has 2 amide bonds. The van der Waals surface area contributed by atoms with Gasteiger partial charge in [0.25, 0.3) is 0 Å². The molecule has 0 spiro atoms. The number of nitrogens with one attached hydrogen (secondary N) is 1. The van der Waals surface area contributed by atoms with Crippen LogP contribution in [0, 0.1) is 5.92 Å². The van der Waals surface area contributed by atoms with Gasteiger partial charge in [-0.05, 0) is 86.6 Å². The Morgan fingerprint density at radius 2 is 1.76 bits per heavy atom. The average molecular weight is 465 g/mol. The summed E-state index contributed by atoms with van der Waals surface area (Å²) in [6.45, 7) is 6.58. The van der Waals surface area contributed by atoms with E-state index in [0.29, 0.717) is 24.8 Å². The Hall–Kier alpha value is -3.02. The fourth-order valence-corrected chi connectivity index (χ4v) is 5.10. The van der Waals surface area contributed by atoms with Gasteiger partial charge >= 0.3 is 12.0 Å². The van der Waals surface area contributed by atoms with E-state index in [4.69, 9.17) is 9.84 Å². The Balaban J connectivity index is 1.47. The molecule has 2 atom stereocenters. The van der Waals surface area contributed by atoms with Gasteiger partial charge in [0.05, 0.1) is 12.2 Å². The van der Waals surface area contributed by atoms with Gasteiger partial charge in [0.2, 0.25) is 0 Å². The molecule has 2 aromatic rings. The Morgan fingerprint density at radius 1 is 1.09 bits per heavy atom. The summed E-state index contributed by atoms with van der Waals surface area (Å²) in [6, 6.07) is 14.8. The minimum absolute atomic E-state index is 0.0796. The van der Waals surface area contributed by atoms with E-state index in [1.165, 1.54) is 5.56 Å². The van der Waals surface area contributed by atoms with Crippen molar-refractivity contribution in [1.82, 2.24) is 5.32 Å². The second-order valence-electron chi connectivity index (χ2n) is 9.92. The Kier molecular flexibility index (Phi) is 7.44. The summed E-state index contributed by atoms with van der Waals surface area (Å²) in [7, 11) is 0. The summed E-state index contributed by atoms with van der Waals surface area (Å²) >= 11 is 0. The predicted octanol–water partition coefficient (Wildman–Crippen LogP) is 6.20. The van der Waals surface area contributed by atoms with Crippen LogP contribution in [-0.2, 0) is 4.79 Å². The molecule has 1 fully saturated rings. The molecular weight excluding hydrogens is 428 g/mol. The van der Waals surface area contributed by atoms with Crippen LogP contribution in [0.1, 0.15) is 70.8 Å². The number of hydrogen-bond acceptors (Lipinski definition) is 3. The first kappa shape index (κ1) is 24.1. The minimum Gasteiger partial charge on any atom is -0.487 e. The van der Waals surface area contributed by atoms with E-state index in [9.17, 15) is 9.59 Å². The fraction of sp³-hybridized carbons (Fsp3) is 0.500. The topological polar surface area (TPSA) is 78.9 Å². The second kappa shape index (κ2) is 10.5. The number of rotatable bonds is 6. The van der Waals surface area contributed by atoms with Crippen molar-refractivity contribution in [2.75, 3.05) is 11.4 Å². The third kappa shape index (κ3) is 5.54. The number of carboxylic acid groups (broad SMARTS) is 1. The van der Waals surface area contributed by atoms with Crippen LogP contribution in [0.15, 0.2) is 42.5 Å². The molecule has 6 heteroatoms. The number of urea groups is 1. The third-order valence-corrected chi connectivity index (χ3v) is 7.27. The molecule has 2 unspecified atom stereocenters. The maximum Gasteiger partial charge on any atom is 0.322 e. The molecule has 2 aromatic carbocycles. The summed E-state index contributed by atoms with van der Waals surface area (Å²) in [4.78, 5) is 25.6. The highest BCUT2D eigenvalue weighted by atomic mass is 16.5. The molecule has 1 aliphatic heterocycles. The molecule has 6 nitrogen and oxygen atoms in total. The average Bonchev–Trinajstić information content (AvgIpc) is 2.83. The normalized spacial score (nSPS) is 22.9. The maximum absolute atomic E-state index is 12.8. The van der Waals surface area contributed by atoms with E-state index in [1.54, 1.807) is 4.90 Å². The zero-order valence-electron chi connectivity index (χ0n) is 20.4. The Morgan fingerprint density at radius 3 is 2.41 bits per heavy atom. The number of nitrogens with zero attached hydrogens (tertiary/aromatic N) is 1. The molecule has 0 radical (unpaired) electrons. The van der Waals surface area contributed by atoms with Crippen LogP contribution >= 0.6 is 0 Å². The van der Waals surface area contributed by atoms with Crippen molar-refractivity contribution in [3.63, 3.8) is 0 Å². The van der Waals surface area contributed by atoms with Crippen LogP contribution in [0.3, 0.4) is 0 Å². The van der Waals surface area contributed by atoms with Crippen molar-refractivity contribution >= 4 is 17.7 Å². The monoisotopic (exact) mass is 464 g/mol. The molecule has 34 heavy (non-hydrogen) atoms. The molecule has 1 heterocycles. The molecule has 4 rings (SSSR count). The van der Waals surface area contributed by atoms with E-state index in [2.05, 4.69) is 36.5 Å². The number of hydrogen-bond donors (Lipinski definition) is 2. The Bertz CT molecular complexity index is 1010. The number of amides is 2. The minimum atomic E-state index is -0.685. The first-order valence-electron chi connectivity index (χ1n) is 12.5. The van der Waals surface area contributed by atoms with Crippen LogP contribution < -0.4 is 15.0 Å². The maximum atomic E-state index is 12.8. The number of carbonyl (C=O) groups excluding carboxylic acids is 1. The lowest BCUT2D eigenvalue weighted by molar-refractivity contribution is -0.138. The number of ether oxygens (including phenoxy) is 1. The summed E-state index contributed by atoms with van der Waals surface area (Å²) in [5.41, 5.74) is 4.31. The largest absolute Gasteiger partial charge is 0.487 e. The van der Waals surface area contributed by atoms with Gasteiger partial charge in [-0.3, -0.25) is 9.69 Å². The molecule has 1 aliphatic carbocycles. The number of fused-ring (bicyclic) bond motifs is 1. The number of carboxylic acids is 1. The fourth-order valence-electron chi connectivity index (χ4n) is 5.10. The quantitative estimate of drug-likeness (QED) is 0.534. The van der Waals surface area contributed by atoms with Crippen LogP contribution in [0.2, 0.25) is 0 Å². The second-order valence-corrected chi connectivity index (χ2v) is 9.92. The lowest BCUT2D eigenvalue weighted by atomic mass is 9.77. The lowest BCUT2D eigenvalue weighted by Gasteiger charge is -2.34. The van der Waals surface area contributed by atoms with Gasteiger partial charge in [-0.25, -0.2) is 4.79 Å². The van der Waals surface area contributed by atoms with Crippen LogP contribution in [0.25, 0.3) is 11.1 Å². The van der Waals surface area contributed by atoms with Crippen LogP contribution in [-0.4, -0.2) is 35.8 Å². The predicted molar refractivity (Wildman–Crippen MR) is 135 cm³/mol. The van der Waals surface area contributed by atoms with Crippen molar-refractivity contribution < 1.29 is 19.4 Å². The number of carbonyl (C=O) groups is 2. The lowest BCUT2D eigenvalue weighted by Crippen LogP contribution is -2.49. The van der Waals surface area contributed by atoms with Gasteiger partial charge in [-0.1, -0.05) is 37.3 Å². The van der Waals surface area contributed by atoms with E-state index < -0.39 is 5.97 Å². The molecule has 2 aliphatic rings. The third-order valence-electron chi connectivity index (χ3n) is 7.27. The van der Waals surface area contributed by atoms with E-state index in [-0.39, 0.29) is 18.2 Å². The highest BCUT2D eigenvalue weighted by Crippen LogP contribution is 2.39. The number of benzene rings is 2. The summed E-state index contributed by atoms with van der Waals surface area (Å²) in [5, 5.41) is 12.1. The van der Waals surface area contributed by atoms with E-state index in [0.717, 1.165) is 54.7 Å². The van der Waals surface area contributed by atoms with Crippen molar-refractivity contribution in [2.45, 2.75) is 77.4 Å². The molecule has 1 saturated carbocycles. The zero-order chi connectivity index (χ0) is 24.2. The SMILES string of the molecule is CCC(C)NC(=O)N1CC(C)Oc2cc(-c3ccc([C@H]4CC[C@H](CC(=O)O)CC4)cc3)ccc21. The Labute approximate surface area is 202 Å². The molecule has 2 N–H and O–H groups in total. The molecular formula is C28H36N2O4. The van der Waals surface area contributed by atoms with Gasteiger partial charge < -0.3 is 15.2 Å². The van der Waals surface area contributed by atoms with Gasteiger partial charge in [-0.15, -0.1) is 0 Å². The highest BCUT2D eigenvalue weighted by molar-refractivity contribution is 5.95. The van der Waals surface area contributed by atoms with E-state index in [1.807, 2.05) is 32.0 Å². The number of anilines is 1. The van der Waals surface area contributed by atoms with Crippen LogP contribution in [0.5, 0.6) is 5.75 Å². The first-order valence-corrected chi connectivity index (χ1v) is 12.5. The molecule has 182 valence electrons. The smallest absolute Gasteiger partial charge is 0.322 e. The highest BCUT2D eigenvalue weighted by Gasteiger charge is 2.29. The summed E-state index contributed by atoms with van der Waals surface area (Å²) in [5.74, 6) is 0.869. The van der Waals surface area contributed by atoms with Gasteiger partial charge in [-0.2, -0.15) is 0 Å². The summed E-state index contributed by atoms with van der Waals surface area (Å²) in [6.07, 6.45) is 5.18. The molecule has 0 bridgehead atoms. The van der Waals surface area contributed by atoms with E-state index >= 15 is 0 Å². The first-order chi connectivity index (χ1) is 16.3. The van der Waals surface area contributed by atoms with Crippen molar-refractivity contribution in [3.8, 4) is 16.9 Å².